The molecule has 0 N–H and O–H groups in total. The fourth-order valence-corrected chi connectivity index (χ4v) is 5.19. The minimum atomic E-state index is 0.328. The highest BCUT2D eigenvalue weighted by Gasteiger charge is 2.17. The maximum Gasteiger partial charge on any atom is 0.294 e. The zero-order valence-corrected chi connectivity index (χ0v) is 20.8. The number of aromatic nitrogens is 4. The van der Waals surface area contributed by atoms with Crippen LogP contribution in [0.15, 0.2) is 58.5 Å². The number of nitrogens with zero attached hydrogens (tertiary/aromatic N) is 4. The Kier molecular flexibility index (Phi) is 5.39. The Morgan fingerprint density at radius 1 is 1.03 bits per heavy atom. The summed E-state index contributed by atoms with van der Waals surface area (Å²) in [6.07, 6.45) is 1.81. The summed E-state index contributed by atoms with van der Waals surface area (Å²) < 4.78 is 24.6. The first kappa shape index (κ1) is 21.6. The highest BCUT2D eigenvalue weighted by Crippen LogP contribution is 2.37. The molecule has 4 heterocycles. The second kappa shape index (κ2) is 8.71. The van der Waals surface area contributed by atoms with E-state index in [2.05, 4.69) is 41.3 Å². The van der Waals surface area contributed by atoms with Crippen LogP contribution in [0.4, 0.5) is 0 Å². The quantitative estimate of drug-likeness (QED) is 0.255. The summed E-state index contributed by atoms with van der Waals surface area (Å²) in [4.78, 5) is 10.1. The number of ether oxygens (including phenoxy) is 3. The number of aryl methyl sites for hydroxylation is 1. The number of thiazole rings is 1. The average molecular weight is 505 g/mol. The second-order valence-electron chi connectivity index (χ2n) is 7.87. The lowest BCUT2D eigenvalue weighted by molar-refractivity contribution is 0.303. The number of furan rings is 1. The molecule has 0 aliphatic heterocycles. The first-order chi connectivity index (χ1) is 17.1. The van der Waals surface area contributed by atoms with Crippen LogP contribution in [0.2, 0.25) is 0 Å². The van der Waals surface area contributed by atoms with E-state index in [1.165, 1.54) is 16.9 Å². The average Bonchev–Trinajstić information content (AvgIpc) is 3.65. The molecule has 35 heavy (non-hydrogen) atoms. The molecule has 0 bridgehead atoms. The van der Waals surface area contributed by atoms with E-state index < -0.39 is 0 Å². The predicted octanol–water partition coefficient (Wildman–Crippen LogP) is 6.23. The topological polar surface area (TPSA) is 83.9 Å². The van der Waals surface area contributed by atoms with E-state index in [4.69, 9.17) is 23.6 Å². The van der Waals surface area contributed by atoms with Gasteiger partial charge < -0.3 is 18.6 Å². The van der Waals surface area contributed by atoms with E-state index in [9.17, 15) is 0 Å². The summed E-state index contributed by atoms with van der Waals surface area (Å²) >= 11 is 2.96. The molecule has 0 saturated carbocycles. The minimum Gasteiger partial charge on any atom is -0.496 e. The Morgan fingerprint density at radius 2 is 1.89 bits per heavy atom. The van der Waals surface area contributed by atoms with E-state index >= 15 is 0 Å². The van der Waals surface area contributed by atoms with Crippen LogP contribution in [0.3, 0.4) is 0 Å². The molecule has 0 unspecified atom stereocenters. The van der Waals surface area contributed by atoms with Gasteiger partial charge in [0, 0.05) is 23.1 Å². The van der Waals surface area contributed by atoms with Crippen LogP contribution in [0, 0.1) is 6.92 Å². The molecule has 8 nitrogen and oxygen atoms in total. The number of fused-ring (bicyclic) bond motifs is 2. The second-order valence-corrected chi connectivity index (χ2v) is 9.65. The molecule has 0 radical (unpaired) electrons. The molecule has 6 aromatic rings. The van der Waals surface area contributed by atoms with Gasteiger partial charge in [0.05, 0.1) is 31.5 Å². The lowest BCUT2D eigenvalue weighted by Gasteiger charge is -2.08. The summed E-state index contributed by atoms with van der Waals surface area (Å²) in [7, 11) is 3.20. The smallest absolute Gasteiger partial charge is 0.294 e. The molecule has 4 aromatic heterocycles. The van der Waals surface area contributed by atoms with Gasteiger partial charge in [-0.15, -0.1) is 16.4 Å². The van der Waals surface area contributed by atoms with Gasteiger partial charge in [0.25, 0.3) is 5.19 Å². The van der Waals surface area contributed by atoms with Crippen molar-refractivity contribution in [3.63, 3.8) is 0 Å². The van der Waals surface area contributed by atoms with Gasteiger partial charge in [-0.1, -0.05) is 29.8 Å². The summed E-state index contributed by atoms with van der Waals surface area (Å²) in [6, 6.07) is 14.0. The summed E-state index contributed by atoms with van der Waals surface area (Å²) in [6.45, 7) is 2.40. The van der Waals surface area contributed by atoms with E-state index in [-0.39, 0.29) is 0 Å². The van der Waals surface area contributed by atoms with Gasteiger partial charge in [0.1, 0.15) is 34.4 Å². The van der Waals surface area contributed by atoms with Crippen molar-refractivity contribution < 1.29 is 18.6 Å². The molecule has 0 aliphatic rings. The molecular formula is C25H20N4O4S2. The van der Waals surface area contributed by atoms with Crippen LogP contribution in [0.25, 0.3) is 38.0 Å². The lowest BCUT2D eigenvalue weighted by atomic mass is 10.2. The third-order valence-electron chi connectivity index (χ3n) is 5.49. The van der Waals surface area contributed by atoms with E-state index in [0.717, 1.165) is 26.6 Å². The number of methoxy groups -OCH3 is 2. The predicted molar refractivity (Wildman–Crippen MR) is 136 cm³/mol. The first-order valence-corrected chi connectivity index (χ1v) is 12.5. The van der Waals surface area contributed by atoms with Crippen molar-refractivity contribution in [2.75, 3.05) is 14.2 Å². The van der Waals surface area contributed by atoms with Crippen LogP contribution >= 0.6 is 22.7 Å². The van der Waals surface area contributed by atoms with Gasteiger partial charge in [0.2, 0.25) is 4.96 Å². The zero-order valence-electron chi connectivity index (χ0n) is 19.1. The molecule has 0 aliphatic carbocycles. The molecule has 6 rings (SSSR count). The fourth-order valence-electron chi connectivity index (χ4n) is 3.68. The fraction of sp³-hybridized carbons (Fsp3) is 0.160. The molecule has 0 amide bonds. The highest BCUT2D eigenvalue weighted by atomic mass is 32.1. The van der Waals surface area contributed by atoms with E-state index in [1.54, 1.807) is 30.1 Å². The molecule has 0 spiro atoms. The van der Waals surface area contributed by atoms with Gasteiger partial charge in [-0.2, -0.15) is 0 Å². The van der Waals surface area contributed by atoms with Gasteiger partial charge in [0.15, 0.2) is 5.76 Å². The maximum absolute atomic E-state index is 6.19. The summed E-state index contributed by atoms with van der Waals surface area (Å²) in [5.41, 5.74) is 4.51. The molecule has 2 aromatic carbocycles. The van der Waals surface area contributed by atoms with Crippen molar-refractivity contribution in [2.24, 2.45) is 0 Å². The Bertz CT molecular complexity index is 1610. The monoisotopic (exact) mass is 504 g/mol. The van der Waals surface area contributed by atoms with Crippen LogP contribution in [-0.4, -0.2) is 33.8 Å². The molecule has 0 saturated heterocycles. The van der Waals surface area contributed by atoms with Gasteiger partial charge in [-0.05, 0) is 24.3 Å². The zero-order chi connectivity index (χ0) is 23.9. The number of hydrogen-bond donors (Lipinski definition) is 0. The van der Waals surface area contributed by atoms with Gasteiger partial charge in [-0.3, -0.25) is 0 Å². The molecule has 0 fully saturated rings. The molecule has 176 valence electrons. The van der Waals surface area contributed by atoms with Crippen LogP contribution in [0.5, 0.6) is 16.7 Å². The normalized spacial score (nSPS) is 11.4. The maximum atomic E-state index is 6.19. The Hall–Kier alpha value is -3.89. The number of hydrogen-bond acceptors (Lipinski definition) is 9. The van der Waals surface area contributed by atoms with Crippen LogP contribution < -0.4 is 14.2 Å². The largest absolute Gasteiger partial charge is 0.496 e. The van der Waals surface area contributed by atoms with Crippen molar-refractivity contribution in [3.8, 4) is 38.7 Å². The molecule has 0 atom stereocenters. The number of rotatable bonds is 7. The summed E-state index contributed by atoms with van der Waals surface area (Å²) in [5, 5.41) is 8.70. The number of imidazole rings is 1. The van der Waals surface area contributed by atoms with Gasteiger partial charge in [-0.25, -0.2) is 14.5 Å². The SMILES string of the molecule is COc1cc(OCc2csc(-c3ccc(C)cc3)n2)c2cc(-c3cn4nc(OC)sc4n3)oc2c1. The Labute approximate surface area is 208 Å². The standard InChI is InChI=1S/C25H20N4O4S2/c1-14-4-6-15(7-5-14)23-26-16(13-34-23)12-32-20-8-17(30-2)9-21-18(20)10-22(33-21)19-11-29-24(27-19)35-25(28-29)31-3/h4-11,13H,12H2,1-3H3. The molecule has 10 heteroatoms. The summed E-state index contributed by atoms with van der Waals surface area (Å²) in [5.74, 6) is 1.91. The van der Waals surface area contributed by atoms with Crippen molar-refractivity contribution in [1.29, 1.82) is 0 Å². The van der Waals surface area contributed by atoms with Crippen LogP contribution in [-0.2, 0) is 6.61 Å². The molecular weight excluding hydrogens is 484 g/mol. The van der Waals surface area contributed by atoms with Crippen molar-refractivity contribution in [3.05, 3.63) is 65.3 Å². The third-order valence-corrected chi connectivity index (χ3v) is 7.31. The van der Waals surface area contributed by atoms with Gasteiger partial charge >= 0.3 is 0 Å². The van der Waals surface area contributed by atoms with E-state index in [0.29, 0.717) is 40.3 Å². The highest BCUT2D eigenvalue weighted by molar-refractivity contribution is 7.18. The Balaban J connectivity index is 1.28. The van der Waals surface area contributed by atoms with E-state index in [1.807, 2.05) is 29.8 Å². The Morgan fingerprint density at radius 3 is 2.66 bits per heavy atom. The number of benzene rings is 2. The van der Waals surface area contributed by atoms with Crippen molar-refractivity contribution in [1.82, 2.24) is 19.6 Å². The minimum absolute atomic E-state index is 0.328. The first-order valence-electron chi connectivity index (χ1n) is 10.8. The lowest BCUT2D eigenvalue weighted by Crippen LogP contribution is -1.97. The van der Waals surface area contributed by atoms with Crippen molar-refractivity contribution in [2.45, 2.75) is 13.5 Å². The van der Waals surface area contributed by atoms with Crippen LogP contribution in [0.1, 0.15) is 11.3 Å². The third kappa shape index (κ3) is 4.11. The van der Waals surface area contributed by atoms with Crippen molar-refractivity contribution >= 4 is 38.6 Å².